The number of amides is 1. The third-order valence-electron chi connectivity index (χ3n) is 2.20. The van der Waals surface area contributed by atoms with E-state index in [-0.39, 0.29) is 18.7 Å². The summed E-state index contributed by atoms with van der Waals surface area (Å²) in [6.07, 6.45) is 1.71. The zero-order valence-electron chi connectivity index (χ0n) is 10.7. The number of hydrogen-bond donors (Lipinski definition) is 2. The quantitative estimate of drug-likeness (QED) is 0.571. The van der Waals surface area contributed by atoms with E-state index in [4.69, 9.17) is 9.84 Å². The van der Waals surface area contributed by atoms with Crippen LogP contribution in [0.15, 0.2) is 0 Å². The first-order chi connectivity index (χ1) is 8.02. The monoisotopic (exact) mass is 245 g/mol. The molecule has 0 atom stereocenters. The Morgan fingerprint density at radius 3 is 2.53 bits per heavy atom. The fraction of sp³-hybridized carbons (Fsp3) is 0.833. The molecule has 0 spiro atoms. The van der Waals surface area contributed by atoms with E-state index in [1.54, 1.807) is 0 Å². The van der Waals surface area contributed by atoms with Crippen molar-refractivity contribution >= 4 is 11.9 Å². The van der Waals surface area contributed by atoms with Crippen molar-refractivity contribution in [3.05, 3.63) is 0 Å². The van der Waals surface area contributed by atoms with Gasteiger partial charge in [-0.15, -0.1) is 0 Å². The van der Waals surface area contributed by atoms with Crippen molar-refractivity contribution in [2.24, 2.45) is 5.92 Å². The number of nitrogens with one attached hydrogen (secondary N) is 1. The first-order valence-corrected chi connectivity index (χ1v) is 6.08. The fourth-order valence-corrected chi connectivity index (χ4v) is 1.17. The largest absolute Gasteiger partial charge is 0.481 e. The van der Waals surface area contributed by atoms with E-state index in [0.29, 0.717) is 32.1 Å². The van der Waals surface area contributed by atoms with Gasteiger partial charge in [-0.05, 0) is 18.8 Å². The third-order valence-corrected chi connectivity index (χ3v) is 2.20. The van der Waals surface area contributed by atoms with Gasteiger partial charge in [-0.3, -0.25) is 9.59 Å². The van der Waals surface area contributed by atoms with Crippen molar-refractivity contribution in [1.82, 2.24) is 5.32 Å². The predicted molar refractivity (Wildman–Crippen MR) is 64.8 cm³/mol. The maximum Gasteiger partial charge on any atom is 0.303 e. The molecule has 5 heteroatoms. The van der Waals surface area contributed by atoms with Gasteiger partial charge in [-0.1, -0.05) is 13.8 Å². The molecular weight excluding hydrogens is 222 g/mol. The summed E-state index contributed by atoms with van der Waals surface area (Å²) in [6.45, 7) is 5.98. The molecule has 0 aromatic rings. The van der Waals surface area contributed by atoms with E-state index in [2.05, 4.69) is 19.2 Å². The third kappa shape index (κ3) is 12.8. The van der Waals surface area contributed by atoms with Crippen LogP contribution in [0.4, 0.5) is 0 Å². The molecule has 2 N–H and O–H groups in total. The summed E-state index contributed by atoms with van der Waals surface area (Å²) in [4.78, 5) is 21.4. The molecule has 0 aliphatic carbocycles. The zero-order valence-corrected chi connectivity index (χ0v) is 10.7. The van der Waals surface area contributed by atoms with E-state index in [0.717, 1.165) is 6.42 Å². The summed E-state index contributed by atoms with van der Waals surface area (Å²) in [6, 6.07) is 0. The zero-order chi connectivity index (χ0) is 13.1. The van der Waals surface area contributed by atoms with Crippen LogP contribution >= 0.6 is 0 Å². The Morgan fingerprint density at radius 1 is 1.24 bits per heavy atom. The second-order valence-corrected chi connectivity index (χ2v) is 4.39. The number of rotatable bonds is 10. The molecule has 0 aromatic heterocycles. The highest BCUT2D eigenvalue weighted by Crippen LogP contribution is 1.98. The van der Waals surface area contributed by atoms with Gasteiger partial charge in [0.05, 0.1) is 6.61 Å². The van der Waals surface area contributed by atoms with Crippen molar-refractivity contribution < 1.29 is 19.4 Å². The maximum atomic E-state index is 11.2. The number of carbonyl (C=O) groups excluding carboxylic acids is 1. The van der Waals surface area contributed by atoms with Crippen molar-refractivity contribution in [3.63, 3.8) is 0 Å². The molecule has 0 saturated carbocycles. The molecular formula is C12H23NO4. The van der Waals surface area contributed by atoms with E-state index < -0.39 is 5.97 Å². The Morgan fingerprint density at radius 2 is 1.94 bits per heavy atom. The molecule has 0 unspecified atom stereocenters. The number of carbonyl (C=O) groups is 2. The minimum atomic E-state index is -0.866. The van der Waals surface area contributed by atoms with Gasteiger partial charge in [0.1, 0.15) is 0 Å². The molecule has 0 saturated heterocycles. The Hall–Kier alpha value is -1.10. The molecule has 5 nitrogen and oxygen atoms in total. The van der Waals surface area contributed by atoms with Crippen LogP contribution in [0.1, 0.15) is 39.5 Å². The lowest BCUT2D eigenvalue weighted by molar-refractivity contribution is -0.137. The van der Waals surface area contributed by atoms with E-state index in [9.17, 15) is 9.59 Å². The van der Waals surface area contributed by atoms with Gasteiger partial charge in [0.15, 0.2) is 0 Å². The Bertz CT molecular complexity index is 229. The van der Waals surface area contributed by atoms with E-state index >= 15 is 0 Å². The van der Waals surface area contributed by atoms with Crippen LogP contribution in [0.5, 0.6) is 0 Å². The van der Waals surface area contributed by atoms with Crippen molar-refractivity contribution in [3.8, 4) is 0 Å². The SMILES string of the molecule is CC(C)CCOCCNC(=O)CCCC(=O)O. The summed E-state index contributed by atoms with van der Waals surface area (Å²) in [5.41, 5.74) is 0. The Kier molecular flexibility index (Phi) is 9.43. The molecule has 0 bridgehead atoms. The van der Waals surface area contributed by atoms with Crippen LogP contribution < -0.4 is 5.32 Å². The molecule has 0 aromatic carbocycles. The van der Waals surface area contributed by atoms with Crippen LogP contribution in [-0.4, -0.2) is 36.7 Å². The first-order valence-electron chi connectivity index (χ1n) is 6.08. The van der Waals surface area contributed by atoms with Gasteiger partial charge in [-0.2, -0.15) is 0 Å². The van der Waals surface area contributed by atoms with Crippen molar-refractivity contribution in [2.45, 2.75) is 39.5 Å². The molecule has 100 valence electrons. The average Bonchev–Trinajstić information content (AvgIpc) is 2.22. The smallest absolute Gasteiger partial charge is 0.303 e. The molecule has 0 rings (SSSR count). The summed E-state index contributed by atoms with van der Waals surface area (Å²) >= 11 is 0. The molecule has 0 fully saturated rings. The first kappa shape index (κ1) is 15.9. The minimum Gasteiger partial charge on any atom is -0.481 e. The van der Waals surface area contributed by atoms with Gasteiger partial charge in [-0.25, -0.2) is 0 Å². The Labute approximate surface area is 103 Å². The molecule has 0 heterocycles. The van der Waals surface area contributed by atoms with Gasteiger partial charge < -0.3 is 15.2 Å². The summed E-state index contributed by atoms with van der Waals surface area (Å²) in [5.74, 6) is -0.353. The maximum absolute atomic E-state index is 11.2. The predicted octanol–water partition coefficient (Wildman–Crippen LogP) is 1.42. The summed E-state index contributed by atoms with van der Waals surface area (Å²) in [5, 5.41) is 11.1. The molecule has 0 radical (unpaired) electrons. The van der Waals surface area contributed by atoms with Crippen molar-refractivity contribution in [1.29, 1.82) is 0 Å². The molecule has 0 aliphatic heterocycles. The van der Waals surface area contributed by atoms with E-state index in [1.165, 1.54) is 0 Å². The standard InChI is InChI=1S/C12H23NO4/c1-10(2)6-8-17-9-7-13-11(14)4-3-5-12(15)16/h10H,3-9H2,1-2H3,(H,13,14)(H,15,16). The number of carboxylic acids is 1. The highest BCUT2D eigenvalue weighted by molar-refractivity contribution is 5.76. The average molecular weight is 245 g/mol. The van der Waals surface area contributed by atoms with Gasteiger partial charge >= 0.3 is 5.97 Å². The lowest BCUT2D eigenvalue weighted by Crippen LogP contribution is -2.27. The summed E-state index contributed by atoms with van der Waals surface area (Å²) < 4.78 is 5.33. The number of hydrogen-bond acceptors (Lipinski definition) is 3. The van der Waals surface area contributed by atoms with Crippen LogP contribution in [0.3, 0.4) is 0 Å². The second kappa shape index (κ2) is 10.1. The lowest BCUT2D eigenvalue weighted by Gasteiger charge is -2.07. The van der Waals surface area contributed by atoms with Gasteiger partial charge in [0.2, 0.25) is 5.91 Å². The van der Waals surface area contributed by atoms with Crippen LogP contribution in [-0.2, 0) is 14.3 Å². The highest BCUT2D eigenvalue weighted by atomic mass is 16.5. The second-order valence-electron chi connectivity index (χ2n) is 4.39. The number of carboxylic acid groups (broad SMARTS) is 1. The van der Waals surface area contributed by atoms with Crippen LogP contribution in [0.2, 0.25) is 0 Å². The number of aliphatic carboxylic acids is 1. The molecule has 1 amide bonds. The molecule has 17 heavy (non-hydrogen) atoms. The molecule has 0 aliphatic rings. The normalized spacial score (nSPS) is 10.5. The fourth-order valence-electron chi connectivity index (χ4n) is 1.17. The van der Waals surface area contributed by atoms with Crippen molar-refractivity contribution in [2.75, 3.05) is 19.8 Å². The minimum absolute atomic E-state index is 0.0400. The van der Waals surface area contributed by atoms with Gasteiger partial charge in [0.25, 0.3) is 0 Å². The van der Waals surface area contributed by atoms with Crippen LogP contribution in [0.25, 0.3) is 0 Å². The topological polar surface area (TPSA) is 75.6 Å². The highest BCUT2D eigenvalue weighted by Gasteiger charge is 2.03. The van der Waals surface area contributed by atoms with E-state index in [1.807, 2.05) is 0 Å². The number of ether oxygens (including phenoxy) is 1. The summed E-state index contributed by atoms with van der Waals surface area (Å²) in [7, 11) is 0. The lowest BCUT2D eigenvalue weighted by atomic mass is 10.1. The Balaban J connectivity index is 3.25. The van der Waals surface area contributed by atoms with Gasteiger partial charge in [0, 0.05) is 26.0 Å². The van der Waals surface area contributed by atoms with Crippen LogP contribution in [0, 0.1) is 5.92 Å².